The van der Waals surface area contributed by atoms with E-state index in [0.29, 0.717) is 34.4 Å². The largest absolute Gasteiger partial charge is 0.395 e. The minimum atomic E-state index is -4.33. The number of carbonyl (C=O) groups is 2. The number of nitrogens with one attached hydrogen (secondary N) is 1. The average molecular weight is 685 g/mol. The smallest absolute Gasteiger partial charge is 0.261 e. The molecule has 2 aromatic heterocycles. The minimum absolute atomic E-state index is 0.00472. The Hall–Kier alpha value is -3.88. The number of anilines is 2. The topological polar surface area (TPSA) is 151 Å². The van der Waals surface area contributed by atoms with Crippen LogP contribution in [0.3, 0.4) is 0 Å². The zero-order valence-corrected chi connectivity index (χ0v) is 27.3. The summed E-state index contributed by atoms with van der Waals surface area (Å²) in [5.41, 5.74) is 1.36. The number of aliphatic hydroxyl groups excluding tert-OH is 1. The summed E-state index contributed by atoms with van der Waals surface area (Å²) in [6, 6.07) is 11.2. The zero-order chi connectivity index (χ0) is 32.8. The second kappa shape index (κ2) is 12.4. The number of rotatable bonds is 9. The van der Waals surface area contributed by atoms with E-state index in [4.69, 9.17) is 28.3 Å². The Kier molecular flexibility index (Phi) is 8.63. The van der Waals surface area contributed by atoms with Gasteiger partial charge in [-0.05, 0) is 56.0 Å². The highest BCUT2D eigenvalue weighted by atomic mass is 35.5. The average Bonchev–Trinajstić information content (AvgIpc) is 3.74. The summed E-state index contributed by atoms with van der Waals surface area (Å²) in [6.07, 6.45) is 5.59. The second-order valence-corrected chi connectivity index (χ2v) is 14.2. The van der Waals surface area contributed by atoms with Crippen LogP contribution in [0.25, 0.3) is 11.1 Å². The third-order valence-electron chi connectivity index (χ3n) is 8.28. The number of imidazole rings is 1. The molecule has 4 heterocycles. The number of aryl methyl sites for hydroxylation is 1. The first-order valence-electron chi connectivity index (χ1n) is 14.6. The Morgan fingerprint density at radius 2 is 1.72 bits per heavy atom. The third-order valence-corrected chi connectivity index (χ3v) is 10.6. The van der Waals surface area contributed by atoms with E-state index in [1.807, 2.05) is 31.2 Å². The molecule has 12 nitrogen and oxygen atoms in total. The maximum atomic E-state index is 14.5. The number of benzene rings is 2. The highest BCUT2D eigenvalue weighted by Gasteiger charge is 2.53. The molecule has 0 saturated carbocycles. The summed E-state index contributed by atoms with van der Waals surface area (Å²) in [5, 5.41) is 12.1. The molecule has 240 valence electrons. The standard InChI is InChI=1S/C31H31Cl2N7O5S/c1-19-35-16-22(17-36-19)21-7-5-20(6-8-21)15-31(2)29(43)39(25-13-23(32)12-24(33)14-25)30-37-18-27(40(30)31)46(44,45)38-10-3-4-26(38)28(42)34-9-11-41/h5-8,12-14,16-18,26,41H,3-4,9-11,15H2,1-2H3,(H,34,42). The van der Waals surface area contributed by atoms with Gasteiger partial charge in [0.25, 0.3) is 15.9 Å². The Morgan fingerprint density at radius 1 is 1.04 bits per heavy atom. The van der Waals surface area contributed by atoms with E-state index < -0.39 is 33.4 Å². The van der Waals surface area contributed by atoms with Gasteiger partial charge in [-0.3, -0.25) is 14.2 Å². The molecule has 0 spiro atoms. The predicted octanol–water partition coefficient (Wildman–Crippen LogP) is 3.85. The number of aromatic nitrogens is 4. The van der Waals surface area contributed by atoms with Gasteiger partial charge < -0.3 is 10.4 Å². The SMILES string of the molecule is Cc1ncc(-c2ccc(CC3(C)C(=O)N(c4cc(Cl)cc(Cl)c4)c4ncc(S(=O)(=O)N5CCCC5C(=O)NCCO)n43)cc2)cn1. The van der Waals surface area contributed by atoms with Crippen molar-refractivity contribution in [3.05, 3.63) is 82.5 Å². The van der Waals surface area contributed by atoms with Crippen LogP contribution < -0.4 is 10.2 Å². The lowest BCUT2D eigenvalue weighted by Gasteiger charge is -2.29. The molecule has 0 radical (unpaired) electrons. The van der Waals surface area contributed by atoms with Gasteiger partial charge in [0, 0.05) is 47.5 Å². The van der Waals surface area contributed by atoms with Crippen LogP contribution in [0.4, 0.5) is 11.6 Å². The number of carbonyl (C=O) groups excluding carboxylic acids is 2. The summed E-state index contributed by atoms with van der Waals surface area (Å²) in [6.45, 7) is 3.32. The lowest BCUT2D eigenvalue weighted by atomic mass is 9.91. The first kappa shape index (κ1) is 32.1. The van der Waals surface area contributed by atoms with Crippen molar-refractivity contribution in [2.45, 2.75) is 49.7 Å². The van der Waals surface area contributed by atoms with Gasteiger partial charge in [-0.1, -0.05) is 47.5 Å². The molecule has 4 aromatic rings. The van der Waals surface area contributed by atoms with E-state index in [1.165, 1.54) is 21.7 Å². The van der Waals surface area contributed by atoms with Crippen molar-refractivity contribution < 1.29 is 23.1 Å². The van der Waals surface area contributed by atoms with Gasteiger partial charge in [0.1, 0.15) is 17.4 Å². The highest BCUT2D eigenvalue weighted by molar-refractivity contribution is 7.89. The number of sulfonamides is 1. The van der Waals surface area contributed by atoms with Crippen molar-refractivity contribution in [3.63, 3.8) is 0 Å². The predicted molar refractivity (Wildman–Crippen MR) is 172 cm³/mol. The molecule has 2 amide bonds. The van der Waals surface area contributed by atoms with Crippen LogP contribution in [-0.4, -0.2) is 74.9 Å². The fourth-order valence-electron chi connectivity index (χ4n) is 6.07. The van der Waals surface area contributed by atoms with Crippen molar-refractivity contribution >= 4 is 56.7 Å². The molecule has 1 saturated heterocycles. The molecular formula is C31H31Cl2N7O5S. The van der Waals surface area contributed by atoms with Gasteiger partial charge >= 0.3 is 0 Å². The lowest BCUT2D eigenvalue weighted by molar-refractivity contribution is -0.125. The summed E-state index contributed by atoms with van der Waals surface area (Å²) in [5.74, 6) is -0.186. The zero-order valence-electron chi connectivity index (χ0n) is 25.0. The minimum Gasteiger partial charge on any atom is -0.395 e. The van der Waals surface area contributed by atoms with E-state index >= 15 is 0 Å². The quantitative estimate of drug-likeness (QED) is 0.270. The first-order valence-corrected chi connectivity index (χ1v) is 16.8. The number of halogens is 2. The lowest BCUT2D eigenvalue weighted by Crippen LogP contribution is -2.48. The summed E-state index contributed by atoms with van der Waals surface area (Å²) >= 11 is 12.6. The van der Waals surface area contributed by atoms with Crippen molar-refractivity contribution in [2.75, 3.05) is 24.6 Å². The highest BCUT2D eigenvalue weighted by Crippen LogP contribution is 2.45. The van der Waals surface area contributed by atoms with Crippen molar-refractivity contribution in [2.24, 2.45) is 0 Å². The van der Waals surface area contributed by atoms with Crippen LogP contribution >= 0.6 is 23.2 Å². The molecule has 2 aliphatic heterocycles. The van der Waals surface area contributed by atoms with Gasteiger partial charge in [-0.25, -0.2) is 28.3 Å². The van der Waals surface area contributed by atoms with Gasteiger partial charge in [-0.2, -0.15) is 4.31 Å². The van der Waals surface area contributed by atoms with Crippen LogP contribution in [-0.2, 0) is 31.6 Å². The van der Waals surface area contributed by atoms with Gasteiger partial charge in [0.05, 0.1) is 18.5 Å². The summed E-state index contributed by atoms with van der Waals surface area (Å²) < 4.78 is 31.2. The number of hydrogen-bond donors (Lipinski definition) is 2. The van der Waals surface area contributed by atoms with Gasteiger partial charge in [0.15, 0.2) is 5.03 Å². The normalized spacial score (nSPS) is 19.9. The van der Waals surface area contributed by atoms with Crippen molar-refractivity contribution in [3.8, 4) is 11.1 Å². The first-order chi connectivity index (χ1) is 21.9. The van der Waals surface area contributed by atoms with E-state index in [9.17, 15) is 18.0 Å². The number of fused-ring (bicyclic) bond motifs is 1. The fraction of sp³-hybridized carbons (Fsp3) is 0.323. The van der Waals surface area contributed by atoms with Crippen molar-refractivity contribution in [1.29, 1.82) is 0 Å². The molecule has 2 unspecified atom stereocenters. The molecule has 0 bridgehead atoms. The molecule has 2 N–H and O–H groups in total. The molecule has 1 fully saturated rings. The number of hydrogen-bond acceptors (Lipinski definition) is 8. The molecule has 0 aliphatic carbocycles. The Balaban J connectivity index is 1.43. The number of nitrogens with zero attached hydrogens (tertiary/aromatic N) is 6. The third kappa shape index (κ3) is 5.66. The van der Waals surface area contributed by atoms with Crippen LogP contribution in [0.5, 0.6) is 0 Å². The maximum Gasteiger partial charge on any atom is 0.261 e. The number of aliphatic hydroxyl groups is 1. The monoisotopic (exact) mass is 683 g/mol. The molecule has 2 atom stereocenters. The van der Waals surface area contributed by atoms with Crippen LogP contribution in [0.15, 0.2) is 66.1 Å². The summed E-state index contributed by atoms with van der Waals surface area (Å²) in [7, 11) is -4.33. The Bertz CT molecular complexity index is 1900. The van der Waals surface area contributed by atoms with E-state index in [0.717, 1.165) is 21.0 Å². The van der Waals surface area contributed by atoms with Gasteiger partial charge in [0.2, 0.25) is 11.9 Å². The molecule has 2 aromatic carbocycles. The van der Waals surface area contributed by atoms with E-state index in [2.05, 4.69) is 20.3 Å². The molecule has 15 heteroatoms. The molecule has 46 heavy (non-hydrogen) atoms. The molecule has 6 rings (SSSR count). The van der Waals surface area contributed by atoms with E-state index in [-0.39, 0.29) is 37.1 Å². The molecular weight excluding hydrogens is 653 g/mol. The van der Waals surface area contributed by atoms with Crippen LogP contribution in [0.1, 0.15) is 31.2 Å². The second-order valence-electron chi connectivity index (χ2n) is 11.5. The fourth-order valence-corrected chi connectivity index (χ4v) is 8.43. The van der Waals surface area contributed by atoms with Crippen LogP contribution in [0.2, 0.25) is 10.0 Å². The summed E-state index contributed by atoms with van der Waals surface area (Å²) in [4.78, 5) is 41.6. The Labute approximate surface area is 276 Å². The van der Waals surface area contributed by atoms with E-state index in [1.54, 1.807) is 31.5 Å². The van der Waals surface area contributed by atoms with Gasteiger partial charge in [-0.15, -0.1) is 0 Å². The maximum absolute atomic E-state index is 14.5. The van der Waals surface area contributed by atoms with Crippen molar-refractivity contribution in [1.82, 2.24) is 29.1 Å². The Morgan fingerprint density at radius 3 is 2.37 bits per heavy atom. The number of amides is 2. The van der Waals surface area contributed by atoms with Crippen LogP contribution in [0, 0.1) is 6.92 Å². The molecule has 2 aliphatic rings.